The second-order valence-electron chi connectivity index (χ2n) is 7.45. The Balaban J connectivity index is 1.63. The van der Waals surface area contributed by atoms with Gasteiger partial charge in [-0.25, -0.2) is 0 Å². The second kappa shape index (κ2) is 11.3. The third kappa shape index (κ3) is 6.65. The van der Waals surface area contributed by atoms with Gasteiger partial charge in [-0.1, -0.05) is 102 Å². The second-order valence-corrected chi connectivity index (χ2v) is 10.4. The van der Waals surface area contributed by atoms with E-state index in [2.05, 4.69) is 5.09 Å². The molecule has 0 saturated carbocycles. The maximum atomic E-state index is 14.1. The molecule has 4 aromatic rings. The Hall–Kier alpha value is -3.23. The molecular weight excluding hydrogens is 484 g/mol. The number of halogens is 2. The van der Waals surface area contributed by atoms with Gasteiger partial charge in [-0.05, 0) is 47.5 Å². The lowest BCUT2D eigenvalue weighted by atomic mass is 10.2. The van der Waals surface area contributed by atoms with Crippen molar-refractivity contribution in [3.8, 4) is 11.5 Å². The summed E-state index contributed by atoms with van der Waals surface area (Å²) in [6, 6.07) is 35.5. The van der Waals surface area contributed by atoms with Crippen LogP contribution in [0.3, 0.4) is 0 Å². The number of nitrogens with one attached hydrogen (secondary N) is 1. The molecule has 1 N–H and O–H groups in total. The topological polar surface area (TPSA) is 38.3 Å². The van der Waals surface area contributed by atoms with Crippen LogP contribution in [0, 0.1) is 0 Å². The van der Waals surface area contributed by atoms with Crippen LogP contribution >= 0.6 is 30.5 Å². The molecule has 0 amide bonds. The van der Waals surface area contributed by atoms with Crippen molar-refractivity contribution in [2.45, 2.75) is 0 Å². The summed E-state index contributed by atoms with van der Waals surface area (Å²) in [7, 11) is -3.34. The minimum absolute atomic E-state index is 0.370. The molecule has 0 aliphatic rings. The number of rotatable bonds is 8. The number of benzene rings is 4. The third-order valence-corrected chi connectivity index (χ3v) is 7.70. The van der Waals surface area contributed by atoms with Gasteiger partial charge < -0.3 is 9.82 Å². The van der Waals surface area contributed by atoms with E-state index in [-0.39, 0.29) is 0 Å². The number of anilines is 1. The van der Waals surface area contributed by atoms with Crippen LogP contribution in [-0.4, -0.2) is 0 Å². The van der Waals surface area contributed by atoms with Crippen molar-refractivity contribution in [2.75, 3.05) is 5.09 Å². The van der Waals surface area contributed by atoms with Crippen LogP contribution in [0.4, 0.5) is 5.69 Å². The zero-order valence-electron chi connectivity index (χ0n) is 18.1. The molecule has 0 aromatic heterocycles. The first-order valence-electron chi connectivity index (χ1n) is 10.6. The van der Waals surface area contributed by atoms with Crippen LogP contribution < -0.4 is 9.82 Å². The summed E-state index contributed by atoms with van der Waals surface area (Å²) in [6.07, 6.45) is 0. The average molecular weight is 506 g/mol. The van der Waals surface area contributed by atoms with Crippen LogP contribution in [0.5, 0.6) is 11.5 Å². The van der Waals surface area contributed by atoms with Gasteiger partial charge in [0.2, 0.25) is 7.29 Å². The molecule has 3 nitrogen and oxygen atoms in total. The summed E-state index contributed by atoms with van der Waals surface area (Å²) in [5.74, 6) is 4.47. The third-order valence-electron chi connectivity index (χ3n) is 4.85. The largest absolute Gasteiger partial charge is 0.457 e. The van der Waals surface area contributed by atoms with Gasteiger partial charge in [0.25, 0.3) is 0 Å². The molecule has 1 unspecified atom stereocenters. The normalized spacial score (nSPS) is 13.7. The van der Waals surface area contributed by atoms with E-state index >= 15 is 0 Å². The smallest absolute Gasteiger partial charge is 0.216 e. The molecule has 6 heteroatoms. The Morgan fingerprint density at radius 1 is 0.618 bits per heavy atom. The molecule has 4 aromatic carbocycles. The van der Waals surface area contributed by atoms with Gasteiger partial charge in [-0.2, -0.15) is 0 Å². The Labute approximate surface area is 209 Å². The van der Waals surface area contributed by atoms with E-state index in [1.54, 1.807) is 12.1 Å². The maximum absolute atomic E-state index is 14.1. The highest BCUT2D eigenvalue weighted by molar-refractivity contribution is 7.72. The van der Waals surface area contributed by atoms with Crippen LogP contribution in [0.15, 0.2) is 127 Å². The van der Waals surface area contributed by atoms with Crippen molar-refractivity contribution >= 4 is 46.2 Å². The zero-order chi connectivity index (χ0) is 23.8. The molecule has 0 heterocycles. The molecule has 170 valence electrons. The lowest BCUT2D eigenvalue weighted by Crippen LogP contribution is -1.94. The summed E-state index contributed by atoms with van der Waals surface area (Å²) in [5, 5.41) is 3.87. The molecule has 4 rings (SSSR count). The standard InChI is InChI=1S/C28H22Cl2NO2P/c29-27(22-10-4-1-5-11-22)20-34(32,21-28(30)23-12-6-2-7-13-23)31-24-16-18-26(19-17-24)33-25-14-8-3-9-15-25/h1-21H,(H,31,32)/b27-20-,28-21+. The molecule has 0 aliphatic carbocycles. The highest BCUT2D eigenvalue weighted by Crippen LogP contribution is 2.53. The van der Waals surface area contributed by atoms with Gasteiger partial charge in [-0.15, -0.1) is 0 Å². The first kappa shape index (κ1) is 23.9. The highest BCUT2D eigenvalue weighted by Gasteiger charge is 2.20. The molecule has 1 atom stereocenters. The number of hydrogen-bond acceptors (Lipinski definition) is 2. The van der Waals surface area contributed by atoms with Crippen molar-refractivity contribution in [1.29, 1.82) is 0 Å². The predicted octanol–water partition coefficient (Wildman–Crippen LogP) is 9.64. The predicted molar refractivity (Wildman–Crippen MR) is 145 cm³/mol. The number of para-hydroxylation sites is 1. The first-order chi connectivity index (χ1) is 16.5. The van der Waals surface area contributed by atoms with Crippen LogP contribution in [0.25, 0.3) is 10.1 Å². The van der Waals surface area contributed by atoms with Crippen molar-refractivity contribution in [2.24, 2.45) is 0 Å². The van der Waals surface area contributed by atoms with Gasteiger partial charge in [0.15, 0.2) is 0 Å². The fourth-order valence-electron chi connectivity index (χ4n) is 3.21. The van der Waals surface area contributed by atoms with E-state index in [9.17, 15) is 4.57 Å². The van der Waals surface area contributed by atoms with E-state index in [1.165, 1.54) is 11.6 Å². The minimum atomic E-state index is -3.34. The Bertz CT molecular complexity index is 1260. The molecule has 0 spiro atoms. The highest BCUT2D eigenvalue weighted by atomic mass is 35.5. The summed E-state index contributed by atoms with van der Waals surface area (Å²) in [4.78, 5) is 0. The van der Waals surface area contributed by atoms with Crippen molar-refractivity contribution < 1.29 is 9.30 Å². The van der Waals surface area contributed by atoms with Crippen LogP contribution in [0.1, 0.15) is 11.1 Å². The summed E-state index contributed by atoms with van der Waals surface area (Å²) >= 11 is 13.1. The Morgan fingerprint density at radius 2 is 1.03 bits per heavy atom. The molecular formula is C28H22Cl2NO2P. The molecule has 0 aliphatic heterocycles. The van der Waals surface area contributed by atoms with E-state index < -0.39 is 7.29 Å². The quantitative estimate of drug-likeness (QED) is 0.242. The van der Waals surface area contributed by atoms with Gasteiger partial charge in [0, 0.05) is 17.3 Å². The molecule has 34 heavy (non-hydrogen) atoms. The van der Waals surface area contributed by atoms with Crippen molar-refractivity contribution in [1.82, 2.24) is 0 Å². The molecule has 0 fully saturated rings. The van der Waals surface area contributed by atoms with Gasteiger partial charge >= 0.3 is 0 Å². The monoisotopic (exact) mass is 505 g/mol. The van der Waals surface area contributed by atoms with Gasteiger partial charge in [-0.3, -0.25) is 4.57 Å². The fourth-order valence-corrected chi connectivity index (χ4v) is 6.06. The average Bonchev–Trinajstić information content (AvgIpc) is 2.87. The van der Waals surface area contributed by atoms with E-state index in [0.29, 0.717) is 21.5 Å². The lowest BCUT2D eigenvalue weighted by Gasteiger charge is -2.16. The maximum Gasteiger partial charge on any atom is 0.216 e. The zero-order valence-corrected chi connectivity index (χ0v) is 20.6. The SMILES string of the molecule is O=P(/C=C(\Cl)c1ccccc1)(/C=C(/Cl)c1ccccc1)Nc1ccc(Oc2ccccc2)cc1. The molecule has 0 saturated heterocycles. The summed E-state index contributed by atoms with van der Waals surface area (Å²) in [6.45, 7) is 0. The van der Waals surface area contributed by atoms with Crippen LogP contribution in [-0.2, 0) is 4.57 Å². The number of hydrogen-bond donors (Lipinski definition) is 1. The molecule has 0 bridgehead atoms. The number of ether oxygens (including phenoxy) is 1. The summed E-state index contributed by atoms with van der Waals surface area (Å²) in [5.41, 5.74) is 2.18. The minimum Gasteiger partial charge on any atom is -0.457 e. The fraction of sp³-hybridized carbons (Fsp3) is 0. The Kier molecular flexibility index (Phi) is 7.92. The first-order valence-corrected chi connectivity index (χ1v) is 13.2. The van der Waals surface area contributed by atoms with Crippen molar-refractivity contribution in [3.05, 3.63) is 138 Å². The summed E-state index contributed by atoms with van der Waals surface area (Å²) < 4.78 is 19.9. The lowest BCUT2D eigenvalue weighted by molar-refractivity contribution is 0.483. The Morgan fingerprint density at radius 3 is 1.50 bits per heavy atom. The van der Waals surface area contributed by atoms with Gasteiger partial charge in [0.1, 0.15) is 11.5 Å². The van der Waals surface area contributed by atoms with Crippen LogP contribution in [0.2, 0.25) is 0 Å². The van der Waals surface area contributed by atoms with E-state index in [4.69, 9.17) is 27.9 Å². The van der Waals surface area contributed by atoms with E-state index in [0.717, 1.165) is 16.9 Å². The van der Waals surface area contributed by atoms with E-state index in [1.807, 2.05) is 103 Å². The van der Waals surface area contributed by atoms with Gasteiger partial charge in [0.05, 0.1) is 10.1 Å². The molecule has 0 radical (unpaired) electrons. The van der Waals surface area contributed by atoms with Crippen molar-refractivity contribution in [3.63, 3.8) is 0 Å².